The third-order valence-electron chi connectivity index (χ3n) is 6.14. The number of aliphatic hydroxyl groups is 1. The van der Waals surface area contributed by atoms with Crippen molar-refractivity contribution in [2.24, 2.45) is 11.8 Å². The van der Waals surface area contributed by atoms with E-state index in [1.807, 2.05) is 13.8 Å². The van der Waals surface area contributed by atoms with Crippen molar-refractivity contribution in [1.29, 1.82) is 0 Å². The number of ether oxygens (including phenoxy) is 1. The zero-order valence-corrected chi connectivity index (χ0v) is 18.4. The van der Waals surface area contributed by atoms with Crippen LogP contribution in [0.15, 0.2) is 10.9 Å². The summed E-state index contributed by atoms with van der Waals surface area (Å²) in [5.74, 6) is -0.819. The van der Waals surface area contributed by atoms with Crippen LogP contribution in [0.5, 0.6) is 11.5 Å². The zero-order chi connectivity index (χ0) is 22.5. The van der Waals surface area contributed by atoms with Gasteiger partial charge < -0.3 is 20.1 Å². The lowest BCUT2D eigenvalue weighted by Crippen LogP contribution is -2.39. The number of carboxylic acids is 1. The number of rotatable bonds is 5. The molecular weight excluding hydrogens is 386 g/mol. The molecule has 0 bridgehead atoms. The van der Waals surface area contributed by atoms with Crippen molar-refractivity contribution in [2.75, 3.05) is 6.61 Å². The summed E-state index contributed by atoms with van der Waals surface area (Å²) in [4.78, 5) is 25.4. The molecule has 0 unspecified atom stereocenters. The molecule has 0 aliphatic carbocycles. The zero-order valence-electron chi connectivity index (χ0n) is 18.4. The molecule has 1 aromatic heterocycles. The number of phenols is 1. The number of benzene rings is 1. The predicted octanol–water partition coefficient (Wildman–Crippen LogP) is 3.32. The molecule has 7 nitrogen and oxygen atoms in total. The molecule has 0 amide bonds. The number of pyridine rings is 1. The molecule has 0 spiro atoms. The molecule has 0 fully saturated rings. The molecule has 0 saturated heterocycles. The van der Waals surface area contributed by atoms with Crippen molar-refractivity contribution in [3.8, 4) is 11.5 Å². The number of phenolic OH excluding ortho intramolecular Hbond substituents is 1. The van der Waals surface area contributed by atoms with Gasteiger partial charge in [0.1, 0.15) is 17.5 Å². The number of aromatic hydroxyl groups is 1. The topological polar surface area (TPSA) is 109 Å². The first-order valence-corrected chi connectivity index (χ1v) is 10.3. The maximum absolute atomic E-state index is 13.5. The second-order valence-corrected chi connectivity index (χ2v) is 9.38. The molecule has 1 aromatic carbocycles. The summed E-state index contributed by atoms with van der Waals surface area (Å²) < 4.78 is 7.18. The van der Waals surface area contributed by atoms with E-state index < -0.39 is 23.2 Å². The van der Waals surface area contributed by atoms with E-state index in [1.54, 1.807) is 33.8 Å². The van der Waals surface area contributed by atoms with Gasteiger partial charge in [0.2, 0.25) is 0 Å². The van der Waals surface area contributed by atoms with Gasteiger partial charge in [-0.3, -0.25) is 9.36 Å². The smallest absolute Gasteiger partial charge is 0.326 e. The molecule has 2 heterocycles. The van der Waals surface area contributed by atoms with Crippen molar-refractivity contribution in [2.45, 2.75) is 66.0 Å². The van der Waals surface area contributed by atoms with E-state index in [2.05, 4.69) is 0 Å². The fraction of sp³-hybridized carbons (Fsp3) is 0.565. The van der Waals surface area contributed by atoms with Crippen LogP contribution in [0.3, 0.4) is 0 Å². The summed E-state index contributed by atoms with van der Waals surface area (Å²) in [6, 6.07) is 0.735. The fourth-order valence-corrected chi connectivity index (χ4v) is 4.35. The second kappa shape index (κ2) is 7.61. The molecule has 0 saturated carbocycles. The van der Waals surface area contributed by atoms with E-state index >= 15 is 0 Å². The van der Waals surface area contributed by atoms with Crippen LogP contribution in [0, 0.1) is 25.7 Å². The Morgan fingerprint density at radius 2 is 1.97 bits per heavy atom. The summed E-state index contributed by atoms with van der Waals surface area (Å²) in [5.41, 5.74) is 0.241. The van der Waals surface area contributed by atoms with Crippen LogP contribution < -0.4 is 10.3 Å². The summed E-state index contributed by atoms with van der Waals surface area (Å²) in [5, 5.41) is 31.7. The lowest BCUT2D eigenvalue weighted by molar-refractivity contribution is -0.141. The van der Waals surface area contributed by atoms with Gasteiger partial charge in [0.05, 0.1) is 17.6 Å². The average molecular weight is 418 g/mol. The first-order valence-electron chi connectivity index (χ1n) is 10.3. The predicted molar refractivity (Wildman–Crippen MR) is 114 cm³/mol. The highest BCUT2D eigenvalue weighted by Crippen LogP contribution is 2.43. The Kier molecular flexibility index (Phi) is 5.62. The molecule has 164 valence electrons. The molecule has 1 aliphatic rings. The minimum Gasteiger partial charge on any atom is -0.507 e. The maximum atomic E-state index is 13.5. The molecule has 7 heteroatoms. The molecule has 0 radical (unpaired) electrons. The van der Waals surface area contributed by atoms with Crippen molar-refractivity contribution in [3.63, 3.8) is 0 Å². The van der Waals surface area contributed by atoms with E-state index in [0.717, 1.165) is 5.56 Å². The Bertz CT molecular complexity index is 1060. The van der Waals surface area contributed by atoms with Crippen molar-refractivity contribution in [3.05, 3.63) is 33.2 Å². The summed E-state index contributed by atoms with van der Waals surface area (Å²) >= 11 is 0. The molecule has 2 aromatic rings. The number of fused-ring (bicyclic) bond motifs is 3. The number of carboxylic acid groups (broad SMARTS) is 1. The highest BCUT2D eigenvalue weighted by atomic mass is 16.5. The van der Waals surface area contributed by atoms with Gasteiger partial charge in [0.25, 0.3) is 5.56 Å². The van der Waals surface area contributed by atoms with E-state index in [1.165, 1.54) is 4.57 Å². The van der Waals surface area contributed by atoms with Crippen LogP contribution in [0.2, 0.25) is 0 Å². The number of carbonyl (C=O) groups is 1. The lowest BCUT2D eigenvalue weighted by atomic mass is 9.82. The number of nitrogens with zero attached hydrogens (tertiary/aromatic N) is 1. The van der Waals surface area contributed by atoms with Crippen LogP contribution in [-0.2, 0) is 11.2 Å². The van der Waals surface area contributed by atoms with E-state index in [4.69, 9.17) is 4.74 Å². The molecular formula is C23H31NO6. The number of hydrogen-bond donors (Lipinski definition) is 3. The van der Waals surface area contributed by atoms with E-state index in [-0.39, 0.29) is 23.0 Å². The van der Waals surface area contributed by atoms with Crippen LogP contribution in [0.1, 0.15) is 57.0 Å². The van der Waals surface area contributed by atoms with Crippen molar-refractivity contribution in [1.82, 2.24) is 4.57 Å². The highest BCUT2D eigenvalue weighted by molar-refractivity contribution is 5.94. The highest BCUT2D eigenvalue weighted by Gasteiger charge is 2.35. The van der Waals surface area contributed by atoms with Crippen LogP contribution in [0.25, 0.3) is 10.8 Å². The van der Waals surface area contributed by atoms with Gasteiger partial charge in [-0.2, -0.15) is 0 Å². The monoisotopic (exact) mass is 417 g/mol. The molecule has 30 heavy (non-hydrogen) atoms. The van der Waals surface area contributed by atoms with Gasteiger partial charge in [0.15, 0.2) is 0 Å². The average Bonchev–Trinajstić information content (AvgIpc) is 2.63. The van der Waals surface area contributed by atoms with Gasteiger partial charge in [-0.15, -0.1) is 0 Å². The molecule has 3 rings (SSSR count). The Balaban J connectivity index is 2.33. The van der Waals surface area contributed by atoms with Crippen LogP contribution >= 0.6 is 0 Å². The fourth-order valence-electron chi connectivity index (χ4n) is 4.35. The summed E-state index contributed by atoms with van der Waals surface area (Å²) in [6.07, 6.45) is 0.795. The van der Waals surface area contributed by atoms with Gasteiger partial charge in [-0.1, -0.05) is 13.8 Å². The lowest BCUT2D eigenvalue weighted by Gasteiger charge is -2.35. The van der Waals surface area contributed by atoms with E-state index in [0.29, 0.717) is 41.8 Å². The van der Waals surface area contributed by atoms with Gasteiger partial charge >= 0.3 is 5.97 Å². The third kappa shape index (κ3) is 3.67. The Labute approximate surface area is 175 Å². The minimum absolute atomic E-state index is 0.0768. The standard InChI is InChI=1S/C23H31NO6/c1-11(2)7-17(22(27)28)24-12(3)8-15-16-9-14(23(5,6)29)10-30-20(16)13(4)19(25)18(15)21(24)26/h8,11,14,17,25,29H,7,9-10H2,1-6H3,(H,27,28)/t14-,17+/m1/s1. The molecule has 2 atom stereocenters. The van der Waals surface area contributed by atoms with Gasteiger partial charge in [0, 0.05) is 22.7 Å². The normalized spacial score (nSPS) is 17.7. The van der Waals surface area contributed by atoms with Gasteiger partial charge in [-0.05, 0) is 57.9 Å². The SMILES string of the molecule is Cc1c2c(c3cc(C)n([C@@H](CC(C)C)C(=O)O)c(=O)c3c1O)C[C@@H](C(C)(C)O)CO2. The Morgan fingerprint density at radius 3 is 2.50 bits per heavy atom. The Morgan fingerprint density at radius 1 is 1.33 bits per heavy atom. The van der Waals surface area contributed by atoms with Crippen LogP contribution in [-0.4, -0.2) is 38.1 Å². The summed E-state index contributed by atoms with van der Waals surface area (Å²) in [7, 11) is 0. The van der Waals surface area contributed by atoms with Crippen molar-refractivity contribution < 1.29 is 24.9 Å². The first-order chi connectivity index (χ1) is 13.8. The Hall–Kier alpha value is -2.54. The largest absolute Gasteiger partial charge is 0.507 e. The second-order valence-electron chi connectivity index (χ2n) is 9.38. The third-order valence-corrected chi connectivity index (χ3v) is 6.14. The number of hydrogen-bond acceptors (Lipinski definition) is 5. The van der Waals surface area contributed by atoms with Gasteiger partial charge in [-0.25, -0.2) is 4.79 Å². The van der Waals surface area contributed by atoms with Crippen molar-refractivity contribution >= 4 is 16.7 Å². The summed E-state index contributed by atoms with van der Waals surface area (Å²) in [6.45, 7) is 11.0. The maximum Gasteiger partial charge on any atom is 0.326 e. The molecule has 3 N–H and O–H groups in total. The number of aryl methyl sites for hydroxylation is 1. The molecule has 1 aliphatic heterocycles. The van der Waals surface area contributed by atoms with E-state index in [9.17, 15) is 24.9 Å². The minimum atomic E-state index is -1.08. The number of aliphatic carboxylic acids is 1. The number of aromatic nitrogens is 1. The first kappa shape index (κ1) is 22.2. The van der Waals surface area contributed by atoms with Crippen LogP contribution in [0.4, 0.5) is 0 Å². The quantitative estimate of drug-likeness (QED) is 0.689.